The predicted molar refractivity (Wildman–Crippen MR) is 421 cm³/mol. The molecule has 0 spiro atoms. The summed E-state index contributed by atoms with van der Waals surface area (Å²) in [4.78, 5) is 147. The number of aliphatic hydroxyl groups is 1. The first-order chi connectivity index (χ1) is 53.4. The van der Waals surface area contributed by atoms with Crippen LogP contribution in [0.3, 0.4) is 0 Å². The Bertz CT molecular complexity index is 3960. The summed E-state index contributed by atoms with van der Waals surface area (Å²) in [7, 11) is 0. The molecule has 0 saturated carbocycles. The number of rotatable bonds is 20. The summed E-state index contributed by atoms with van der Waals surface area (Å²) in [6.45, 7) is 38.8. The lowest BCUT2D eigenvalue weighted by atomic mass is 9.69. The van der Waals surface area contributed by atoms with Crippen LogP contribution in [0.1, 0.15) is 203 Å². The van der Waals surface area contributed by atoms with Crippen molar-refractivity contribution in [3.63, 3.8) is 0 Å². The monoisotopic (exact) mass is 1570 g/mol. The van der Waals surface area contributed by atoms with Crippen LogP contribution in [0, 0.1) is 75.9 Å². The summed E-state index contributed by atoms with van der Waals surface area (Å²) >= 11 is 0. The number of carbonyl (C=O) groups excluding carboxylic acids is 9. The third-order valence-corrected chi connectivity index (χ3v) is 25.1. The number of fused-ring (bicyclic) bond motifs is 2. The second-order valence-electron chi connectivity index (χ2n) is 34.8. The molecule has 10 rings (SSSR count). The average Bonchev–Trinajstić information content (AvgIpc) is 1.60. The number of aromatic nitrogens is 6. The fourth-order valence-electron chi connectivity index (χ4n) is 18.9. The van der Waals surface area contributed by atoms with Crippen LogP contribution in [0.4, 0.5) is 9.59 Å². The number of hydrogen-bond donors (Lipinski definition) is 1. The van der Waals surface area contributed by atoms with Crippen molar-refractivity contribution in [2.75, 3.05) is 13.1 Å². The normalized spacial score (nSPS) is 35.6. The number of nitrogens with zero attached hydrogens (tertiary/aromatic N) is 8. The second kappa shape index (κ2) is 37.8. The van der Waals surface area contributed by atoms with E-state index in [0.717, 1.165) is 28.9 Å². The Labute approximate surface area is 667 Å². The molecule has 10 heterocycles. The van der Waals surface area contributed by atoms with E-state index in [1.165, 1.54) is 18.7 Å². The Hall–Kier alpha value is -7.91. The molecule has 4 aromatic heterocycles. The molecule has 24 atom stereocenters. The number of Topliss-reactive ketones (excluding diaryl/α,β-unsaturated/α-hetero) is 4. The molecule has 0 unspecified atom stereocenters. The number of aldehydes is 1. The summed E-state index contributed by atoms with van der Waals surface area (Å²) in [5.41, 5.74) is -1.57. The standard InChI is InChI=1S/C44H64N4O9.C43H62N4O9/c1-11-17-44-34(12-2)55-40(52)31(8)37(51)30(7)39(56-41-36(50)26(3)21-28(5)54-41)43(9,10)22-27(4)35(49)29(6)38(44)48(42(53)57-44)20-14-13-19-47-24-33(46-25-47)32-16-15-18-45-23-32;1-11-34-43(23-48)37(47(41(52)56-43)18-13-12-17-46-22-33(45-24-46)32-15-14-16-44-21-32)29(6)35(49)26(3)20-42(9,10)38(30(7)36(50)31(8)39(51)54-34)55-40-28(5)25(2)19-27(4)53-40/h11,15-18,23-31,34,36,38-39,41,50H,12-14,19-22H2,1-10H3;14-16,21-31,34,37-38,40H,11-13,17-20H2,1-10H3/t26-,27+,28+,29-,30-,31+,34+,36+,38+,39+,41-,44+;25-,26+,27+,28+,29-,30-,31+,34+,37+,38+,40-,43+/m00/s1. The van der Waals surface area contributed by atoms with Crippen LogP contribution in [0.2, 0.25) is 0 Å². The number of cyclic esters (lactones) is 2. The number of allylic oxidation sites excluding steroid dienone is 1. The van der Waals surface area contributed by atoms with Gasteiger partial charge in [-0.15, -0.1) is 0 Å². The fourth-order valence-corrected chi connectivity index (χ4v) is 18.9. The number of ketones is 4. The van der Waals surface area contributed by atoms with E-state index < -0.39 is 154 Å². The Morgan fingerprint density at radius 3 is 1.37 bits per heavy atom. The summed E-state index contributed by atoms with van der Waals surface area (Å²) in [6.07, 6.45) is 15.6. The van der Waals surface area contributed by atoms with Gasteiger partial charge in [-0.05, 0) is 152 Å². The highest BCUT2D eigenvalue weighted by atomic mass is 16.7. The summed E-state index contributed by atoms with van der Waals surface area (Å²) in [6, 6.07) is 5.74. The Morgan fingerprint density at radius 1 is 0.540 bits per heavy atom. The number of aliphatic hydroxyl groups excluding tert-OH is 1. The highest BCUT2D eigenvalue weighted by molar-refractivity contribution is 6.01. The lowest BCUT2D eigenvalue weighted by molar-refractivity contribution is -0.284. The van der Waals surface area contributed by atoms with Crippen molar-refractivity contribution < 1.29 is 86.2 Å². The van der Waals surface area contributed by atoms with Gasteiger partial charge in [0.25, 0.3) is 0 Å². The van der Waals surface area contributed by atoms with Crippen molar-refractivity contribution in [1.82, 2.24) is 38.9 Å². The van der Waals surface area contributed by atoms with Gasteiger partial charge in [-0.2, -0.15) is 0 Å². The fraction of sp³-hybridized carbons (Fsp3) is 0.690. The molecule has 113 heavy (non-hydrogen) atoms. The number of imidazole rings is 2. The van der Waals surface area contributed by atoms with Crippen LogP contribution < -0.4 is 0 Å². The number of carbonyl (C=O) groups is 9. The van der Waals surface area contributed by atoms with E-state index in [1.54, 1.807) is 89.1 Å². The number of esters is 2. The van der Waals surface area contributed by atoms with Gasteiger partial charge in [-0.25, -0.2) is 19.6 Å². The van der Waals surface area contributed by atoms with E-state index >= 15 is 0 Å². The number of ether oxygens (including phenoxy) is 8. The number of hydrogen-bond acceptors (Lipinski definition) is 22. The topological polar surface area (TPSA) is 316 Å². The molecule has 6 aliphatic rings. The molecule has 2 amide bonds. The van der Waals surface area contributed by atoms with Crippen LogP contribution in [0.25, 0.3) is 22.5 Å². The minimum atomic E-state index is -1.97. The zero-order chi connectivity index (χ0) is 82.9. The Morgan fingerprint density at radius 2 is 0.947 bits per heavy atom. The van der Waals surface area contributed by atoms with Gasteiger partial charge in [-0.1, -0.05) is 110 Å². The first kappa shape index (κ1) is 89.0. The highest BCUT2D eigenvalue weighted by Gasteiger charge is 2.65. The highest BCUT2D eigenvalue weighted by Crippen LogP contribution is 2.48. The molecule has 6 fully saturated rings. The molecule has 0 bridgehead atoms. The van der Waals surface area contributed by atoms with Crippen molar-refractivity contribution in [3.05, 3.63) is 86.3 Å². The van der Waals surface area contributed by atoms with Gasteiger partial charge in [0.15, 0.2) is 42.1 Å². The predicted octanol–water partition coefficient (Wildman–Crippen LogP) is 13.5. The molecule has 0 radical (unpaired) electrons. The van der Waals surface area contributed by atoms with Gasteiger partial charge in [0.05, 0.1) is 60.5 Å². The van der Waals surface area contributed by atoms with Crippen molar-refractivity contribution in [2.45, 2.75) is 294 Å². The molecule has 26 nitrogen and oxygen atoms in total. The molecular formula is C87H126N8O18. The Kier molecular flexibility index (Phi) is 29.8. The zero-order valence-corrected chi connectivity index (χ0v) is 70.2. The van der Waals surface area contributed by atoms with E-state index in [4.69, 9.17) is 37.9 Å². The Balaban J connectivity index is 0.000000259. The van der Waals surface area contributed by atoms with Crippen LogP contribution >= 0.6 is 0 Å². The molecule has 0 aliphatic carbocycles. The molecule has 1 N–H and O–H groups in total. The van der Waals surface area contributed by atoms with Crippen molar-refractivity contribution >= 4 is 53.5 Å². The van der Waals surface area contributed by atoms with E-state index in [1.807, 2.05) is 122 Å². The summed E-state index contributed by atoms with van der Waals surface area (Å²) in [5, 5.41) is 11.1. The third kappa shape index (κ3) is 19.6. The van der Waals surface area contributed by atoms with Gasteiger partial charge in [0.1, 0.15) is 35.6 Å². The van der Waals surface area contributed by atoms with Crippen LogP contribution in [-0.4, -0.2) is 189 Å². The largest absolute Gasteiger partial charge is 0.457 e. The van der Waals surface area contributed by atoms with Gasteiger partial charge in [0, 0.05) is 116 Å². The van der Waals surface area contributed by atoms with Crippen LogP contribution in [0.5, 0.6) is 0 Å². The lowest BCUT2D eigenvalue weighted by Crippen LogP contribution is -2.60. The number of aryl methyl sites for hydroxylation is 2. The zero-order valence-electron chi connectivity index (χ0n) is 70.2. The van der Waals surface area contributed by atoms with Crippen LogP contribution in [-0.2, 0) is 84.5 Å². The first-order valence-corrected chi connectivity index (χ1v) is 41.2. The van der Waals surface area contributed by atoms with Gasteiger partial charge >= 0.3 is 24.1 Å². The number of unbranched alkanes of at least 4 members (excludes halogenated alkanes) is 2. The summed E-state index contributed by atoms with van der Waals surface area (Å²) < 4.78 is 54.2. The van der Waals surface area contributed by atoms with Crippen LogP contribution in [0.15, 0.2) is 86.3 Å². The quantitative estimate of drug-likeness (QED) is 0.0214. The maximum Gasteiger partial charge on any atom is 0.411 e. The lowest BCUT2D eigenvalue weighted by Gasteiger charge is -2.46. The molecular weight excluding hydrogens is 1440 g/mol. The minimum absolute atomic E-state index is 0.0337. The van der Waals surface area contributed by atoms with E-state index in [9.17, 15) is 48.3 Å². The molecule has 0 aromatic carbocycles. The maximum absolute atomic E-state index is 14.8. The van der Waals surface area contributed by atoms with Gasteiger partial charge in [-0.3, -0.25) is 53.3 Å². The molecule has 622 valence electrons. The molecule has 26 heteroatoms. The second-order valence-corrected chi connectivity index (χ2v) is 34.8. The average molecular weight is 1570 g/mol. The van der Waals surface area contributed by atoms with Gasteiger partial charge in [0.2, 0.25) is 5.60 Å². The van der Waals surface area contributed by atoms with Crippen molar-refractivity contribution in [1.29, 1.82) is 0 Å². The molecule has 6 aliphatic heterocycles. The maximum atomic E-state index is 14.8. The van der Waals surface area contributed by atoms with Crippen molar-refractivity contribution in [2.24, 2.45) is 75.9 Å². The van der Waals surface area contributed by atoms with Crippen molar-refractivity contribution in [3.8, 4) is 22.5 Å². The third-order valence-electron chi connectivity index (χ3n) is 25.1. The van der Waals surface area contributed by atoms with E-state index in [0.29, 0.717) is 76.8 Å². The minimum Gasteiger partial charge on any atom is -0.457 e. The van der Waals surface area contributed by atoms with E-state index in [-0.39, 0.29) is 60.8 Å². The SMILES string of the molecule is CC=C[C@]12OC(=O)N(CCCCn3cnc(-c4cccnc4)c3)[C@@H]1[C@@H](C)C(=O)[C@H](C)CC(C)(C)[C@H](O[C@@H]1O[C@H](C)C[C@H](C)[C@H]1O)[C@@H](C)C(=O)[C@@H](C)C(=O)O[C@@H]2CC.CC[C@H]1OC(=O)[C@H](C)C(=O)[C@H](C)[C@@H](O[C@@H]2O[C@H](C)C[C@H](C)[C@H]2C)C(C)(C)C[C@@H](C)C(=O)[C@H](C)[C@H]2N(CCCCn3cnc(-c4cccnc4)c3)C(=O)O[C@]12C=O. The molecule has 6 saturated heterocycles. The summed E-state index contributed by atoms with van der Waals surface area (Å²) in [5.74, 6) is -9.02. The first-order valence-electron chi connectivity index (χ1n) is 41.2. The smallest absolute Gasteiger partial charge is 0.411 e. The number of pyridine rings is 2. The van der Waals surface area contributed by atoms with Gasteiger partial charge < -0.3 is 52.1 Å². The van der Waals surface area contributed by atoms with E-state index in [2.05, 4.69) is 33.8 Å². The number of amides is 2. The molecule has 4 aromatic rings.